The van der Waals surface area contributed by atoms with Gasteiger partial charge in [0.2, 0.25) is 0 Å². The minimum Gasteiger partial charge on any atom is -0.481 e. The lowest BCUT2D eigenvalue weighted by Gasteiger charge is -1.95. The Balaban J connectivity index is 3.06. The van der Waals surface area contributed by atoms with E-state index in [2.05, 4.69) is 19.1 Å². The first-order chi connectivity index (χ1) is 7.27. The van der Waals surface area contributed by atoms with Crippen molar-refractivity contribution in [2.45, 2.75) is 64.7 Å². The topological polar surface area (TPSA) is 37.3 Å². The average molecular weight is 212 g/mol. The molecule has 0 aromatic rings. The molecule has 0 atom stereocenters. The summed E-state index contributed by atoms with van der Waals surface area (Å²) in [6.07, 6.45) is 14.0. The molecule has 0 rings (SSSR count). The molecule has 15 heavy (non-hydrogen) atoms. The molecule has 0 bridgehead atoms. The van der Waals surface area contributed by atoms with Crippen molar-refractivity contribution in [3.63, 3.8) is 0 Å². The summed E-state index contributed by atoms with van der Waals surface area (Å²) < 4.78 is 0. The fourth-order valence-corrected chi connectivity index (χ4v) is 1.46. The Morgan fingerprint density at radius 3 is 2.13 bits per heavy atom. The number of carboxylic acids is 1. The second-order valence-electron chi connectivity index (χ2n) is 3.96. The largest absolute Gasteiger partial charge is 0.481 e. The molecule has 2 nitrogen and oxygen atoms in total. The molecule has 0 saturated carbocycles. The second kappa shape index (κ2) is 11.3. The van der Waals surface area contributed by atoms with Gasteiger partial charge < -0.3 is 5.11 Å². The molecule has 0 aromatic carbocycles. The summed E-state index contributed by atoms with van der Waals surface area (Å²) in [5.41, 5.74) is 0. The molecule has 0 aliphatic heterocycles. The third-order valence-electron chi connectivity index (χ3n) is 2.40. The maximum atomic E-state index is 10.2. The van der Waals surface area contributed by atoms with E-state index < -0.39 is 5.97 Å². The van der Waals surface area contributed by atoms with Crippen molar-refractivity contribution in [3.05, 3.63) is 12.2 Å². The number of hydrogen-bond donors (Lipinski definition) is 1. The zero-order chi connectivity index (χ0) is 11.4. The molecule has 0 saturated heterocycles. The molecule has 0 unspecified atom stereocenters. The first kappa shape index (κ1) is 14.2. The van der Waals surface area contributed by atoms with Gasteiger partial charge in [0, 0.05) is 6.42 Å². The normalized spacial score (nSPS) is 11.0. The molecule has 0 heterocycles. The quantitative estimate of drug-likeness (QED) is 0.436. The summed E-state index contributed by atoms with van der Waals surface area (Å²) in [7, 11) is 0. The van der Waals surface area contributed by atoms with Crippen LogP contribution < -0.4 is 0 Å². The predicted octanol–water partition coefficient (Wildman–Crippen LogP) is 4.16. The fourth-order valence-electron chi connectivity index (χ4n) is 1.46. The van der Waals surface area contributed by atoms with E-state index in [1.807, 2.05) is 0 Å². The summed E-state index contributed by atoms with van der Waals surface area (Å²) in [4.78, 5) is 10.2. The maximum absolute atomic E-state index is 10.2. The van der Waals surface area contributed by atoms with E-state index in [0.717, 1.165) is 25.7 Å². The zero-order valence-corrected chi connectivity index (χ0v) is 9.87. The lowest BCUT2D eigenvalue weighted by atomic mass is 10.1. The van der Waals surface area contributed by atoms with E-state index in [0.29, 0.717) is 6.42 Å². The Labute approximate surface area is 93.4 Å². The Bertz CT molecular complexity index is 173. The third kappa shape index (κ3) is 13.2. The molecule has 1 N–H and O–H groups in total. The number of hydrogen-bond acceptors (Lipinski definition) is 1. The first-order valence-corrected chi connectivity index (χ1v) is 6.14. The van der Waals surface area contributed by atoms with Crippen LogP contribution >= 0.6 is 0 Å². The maximum Gasteiger partial charge on any atom is 0.303 e. The van der Waals surface area contributed by atoms with Crippen LogP contribution in [0.3, 0.4) is 0 Å². The van der Waals surface area contributed by atoms with Crippen molar-refractivity contribution in [2.24, 2.45) is 0 Å². The summed E-state index contributed by atoms with van der Waals surface area (Å²) in [6, 6.07) is 0. The fraction of sp³-hybridized carbons (Fsp3) is 0.769. The standard InChI is InChI=1S/C13H24O2/c1-2-3-4-5-6-7-8-9-10-11-12-13(14)15/h6-7H,2-5,8-12H2,1H3,(H,14,15)/b7-6+. The molecule has 0 aliphatic carbocycles. The highest BCUT2D eigenvalue weighted by Crippen LogP contribution is 2.05. The van der Waals surface area contributed by atoms with Gasteiger partial charge in [0.25, 0.3) is 0 Å². The van der Waals surface area contributed by atoms with Gasteiger partial charge in [0.1, 0.15) is 0 Å². The van der Waals surface area contributed by atoms with Gasteiger partial charge in [-0.15, -0.1) is 0 Å². The number of allylic oxidation sites excluding steroid dienone is 2. The van der Waals surface area contributed by atoms with E-state index in [1.165, 1.54) is 25.7 Å². The molecule has 2 heteroatoms. The van der Waals surface area contributed by atoms with Gasteiger partial charge >= 0.3 is 5.97 Å². The van der Waals surface area contributed by atoms with E-state index >= 15 is 0 Å². The number of carboxylic acid groups (broad SMARTS) is 1. The van der Waals surface area contributed by atoms with E-state index in [4.69, 9.17) is 5.11 Å². The van der Waals surface area contributed by atoms with Gasteiger partial charge in [-0.2, -0.15) is 0 Å². The first-order valence-electron chi connectivity index (χ1n) is 6.14. The van der Waals surface area contributed by atoms with Crippen molar-refractivity contribution < 1.29 is 9.90 Å². The van der Waals surface area contributed by atoms with Crippen LogP contribution in [0.1, 0.15) is 64.7 Å². The highest BCUT2D eigenvalue weighted by Gasteiger charge is 1.94. The average Bonchev–Trinajstić information content (AvgIpc) is 2.20. The predicted molar refractivity (Wildman–Crippen MR) is 64.0 cm³/mol. The SMILES string of the molecule is CCCCC/C=C/CCCCCC(=O)O. The summed E-state index contributed by atoms with van der Waals surface area (Å²) in [5, 5.41) is 8.42. The highest BCUT2D eigenvalue weighted by molar-refractivity contribution is 5.66. The smallest absolute Gasteiger partial charge is 0.303 e. The molecule has 0 amide bonds. The number of carbonyl (C=O) groups is 1. The van der Waals surface area contributed by atoms with Crippen LogP contribution in [-0.4, -0.2) is 11.1 Å². The second-order valence-corrected chi connectivity index (χ2v) is 3.96. The van der Waals surface area contributed by atoms with Crippen LogP contribution in [0.15, 0.2) is 12.2 Å². The van der Waals surface area contributed by atoms with Crippen molar-refractivity contribution in [3.8, 4) is 0 Å². The lowest BCUT2D eigenvalue weighted by molar-refractivity contribution is -0.137. The van der Waals surface area contributed by atoms with Gasteiger partial charge in [-0.05, 0) is 32.1 Å². The molecule has 0 aliphatic rings. The zero-order valence-electron chi connectivity index (χ0n) is 9.87. The molecular formula is C13H24O2. The van der Waals surface area contributed by atoms with Gasteiger partial charge in [-0.25, -0.2) is 0 Å². The van der Waals surface area contributed by atoms with E-state index in [9.17, 15) is 4.79 Å². The summed E-state index contributed by atoms with van der Waals surface area (Å²) in [6.45, 7) is 2.21. The van der Waals surface area contributed by atoms with E-state index in [1.54, 1.807) is 0 Å². The van der Waals surface area contributed by atoms with Crippen LogP contribution in [0.25, 0.3) is 0 Å². The highest BCUT2D eigenvalue weighted by atomic mass is 16.4. The number of rotatable bonds is 10. The Morgan fingerprint density at radius 2 is 1.60 bits per heavy atom. The van der Waals surface area contributed by atoms with E-state index in [-0.39, 0.29) is 0 Å². The van der Waals surface area contributed by atoms with Crippen LogP contribution in [-0.2, 0) is 4.79 Å². The van der Waals surface area contributed by atoms with Gasteiger partial charge in [0.15, 0.2) is 0 Å². The summed E-state index contributed by atoms with van der Waals surface area (Å²) in [5.74, 6) is -0.676. The molecule has 88 valence electrons. The van der Waals surface area contributed by atoms with Crippen LogP contribution in [0.5, 0.6) is 0 Å². The molecule has 0 spiro atoms. The minimum absolute atomic E-state index is 0.320. The lowest BCUT2D eigenvalue weighted by Crippen LogP contribution is -1.93. The van der Waals surface area contributed by atoms with Gasteiger partial charge in [-0.1, -0.05) is 38.3 Å². The Hall–Kier alpha value is -0.790. The molecule has 0 fully saturated rings. The Kier molecular flexibility index (Phi) is 10.7. The van der Waals surface area contributed by atoms with Crippen LogP contribution in [0.4, 0.5) is 0 Å². The van der Waals surface area contributed by atoms with Crippen LogP contribution in [0, 0.1) is 0 Å². The molecule has 0 radical (unpaired) electrons. The summed E-state index contributed by atoms with van der Waals surface area (Å²) >= 11 is 0. The van der Waals surface area contributed by atoms with Crippen LogP contribution in [0.2, 0.25) is 0 Å². The van der Waals surface area contributed by atoms with Gasteiger partial charge in [-0.3, -0.25) is 4.79 Å². The number of unbranched alkanes of at least 4 members (excludes halogenated alkanes) is 6. The van der Waals surface area contributed by atoms with Crippen molar-refractivity contribution in [2.75, 3.05) is 0 Å². The van der Waals surface area contributed by atoms with Crippen molar-refractivity contribution >= 4 is 5.97 Å². The Morgan fingerprint density at radius 1 is 1.00 bits per heavy atom. The van der Waals surface area contributed by atoms with Crippen molar-refractivity contribution in [1.82, 2.24) is 0 Å². The molecular weight excluding hydrogens is 188 g/mol. The molecule has 0 aromatic heterocycles. The minimum atomic E-state index is -0.676. The number of aliphatic carboxylic acids is 1. The third-order valence-corrected chi connectivity index (χ3v) is 2.40. The van der Waals surface area contributed by atoms with Crippen molar-refractivity contribution in [1.29, 1.82) is 0 Å². The van der Waals surface area contributed by atoms with Gasteiger partial charge in [0.05, 0.1) is 0 Å². The monoisotopic (exact) mass is 212 g/mol.